The van der Waals surface area contributed by atoms with Crippen molar-refractivity contribution in [2.75, 3.05) is 12.3 Å². The first kappa shape index (κ1) is 12.1. The summed E-state index contributed by atoms with van der Waals surface area (Å²) in [7, 11) is 0. The van der Waals surface area contributed by atoms with Crippen LogP contribution in [0.4, 0.5) is 0 Å². The second-order valence-electron chi connectivity index (χ2n) is 3.36. The van der Waals surface area contributed by atoms with Crippen molar-refractivity contribution in [3.63, 3.8) is 0 Å². The molecule has 0 aliphatic rings. The first-order valence-electron chi connectivity index (χ1n) is 5.13. The third-order valence-corrected chi connectivity index (χ3v) is 3.21. The van der Waals surface area contributed by atoms with Crippen molar-refractivity contribution in [3.8, 4) is 6.07 Å². The molecule has 0 spiro atoms. The Morgan fingerprint density at radius 3 is 2.53 bits per heavy atom. The van der Waals surface area contributed by atoms with Crippen LogP contribution < -0.4 is 5.73 Å². The van der Waals surface area contributed by atoms with E-state index < -0.39 is 0 Å². The third-order valence-electron chi connectivity index (χ3n) is 2.09. The molecule has 80 valence electrons. The molecule has 0 bridgehead atoms. The van der Waals surface area contributed by atoms with Gasteiger partial charge in [0, 0.05) is 5.75 Å². The fourth-order valence-corrected chi connectivity index (χ4v) is 2.19. The summed E-state index contributed by atoms with van der Waals surface area (Å²) in [5.74, 6) is 2.19. The van der Waals surface area contributed by atoms with Gasteiger partial charge in [-0.05, 0) is 42.8 Å². The van der Waals surface area contributed by atoms with E-state index in [2.05, 4.69) is 6.07 Å². The number of thioether (sulfide) groups is 1. The molecule has 1 rings (SSSR count). The Kier molecular flexibility index (Phi) is 5.91. The van der Waals surface area contributed by atoms with Crippen LogP contribution in [0.15, 0.2) is 24.3 Å². The Morgan fingerprint density at radius 2 is 1.93 bits per heavy atom. The predicted molar refractivity (Wildman–Crippen MR) is 65.6 cm³/mol. The summed E-state index contributed by atoms with van der Waals surface area (Å²) in [6.07, 6.45) is 2.30. The molecule has 0 amide bonds. The van der Waals surface area contributed by atoms with Gasteiger partial charge in [0.25, 0.3) is 0 Å². The van der Waals surface area contributed by atoms with E-state index in [1.54, 1.807) is 0 Å². The van der Waals surface area contributed by atoms with E-state index in [9.17, 15) is 0 Å². The molecule has 0 aliphatic heterocycles. The van der Waals surface area contributed by atoms with E-state index in [0.29, 0.717) is 0 Å². The molecule has 1 aromatic rings. The van der Waals surface area contributed by atoms with Crippen LogP contribution >= 0.6 is 11.8 Å². The highest BCUT2D eigenvalue weighted by Crippen LogP contribution is 2.14. The molecule has 2 N–H and O–H groups in total. The van der Waals surface area contributed by atoms with E-state index in [-0.39, 0.29) is 0 Å². The Balaban J connectivity index is 2.23. The molecule has 0 unspecified atom stereocenters. The number of nitriles is 1. The zero-order valence-electron chi connectivity index (χ0n) is 8.78. The summed E-state index contributed by atoms with van der Waals surface area (Å²) in [6, 6.07) is 9.90. The molecule has 0 aromatic heterocycles. The van der Waals surface area contributed by atoms with Crippen LogP contribution in [-0.2, 0) is 5.75 Å². The number of rotatable bonds is 6. The summed E-state index contributed by atoms with van der Waals surface area (Å²) in [4.78, 5) is 0. The molecular formula is C12H16N2S. The Hall–Kier alpha value is -0.980. The van der Waals surface area contributed by atoms with E-state index in [1.165, 1.54) is 12.0 Å². The van der Waals surface area contributed by atoms with Gasteiger partial charge < -0.3 is 5.73 Å². The molecule has 0 heterocycles. The number of benzene rings is 1. The van der Waals surface area contributed by atoms with Gasteiger partial charge in [0.1, 0.15) is 0 Å². The Labute approximate surface area is 95.5 Å². The molecule has 0 radical (unpaired) electrons. The minimum atomic E-state index is 0.729. The highest BCUT2D eigenvalue weighted by molar-refractivity contribution is 7.98. The second-order valence-corrected chi connectivity index (χ2v) is 4.46. The maximum absolute atomic E-state index is 8.63. The van der Waals surface area contributed by atoms with Crippen molar-refractivity contribution in [1.82, 2.24) is 0 Å². The topological polar surface area (TPSA) is 49.8 Å². The zero-order chi connectivity index (χ0) is 10.9. The standard InChI is InChI=1S/C12H16N2S/c13-7-1-2-8-15-10-12-5-3-11(9-14)4-6-12/h3-6H,1-2,7-8,10,13H2. The summed E-state index contributed by atoms with van der Waals surface area (Å²) in [5, 5.41) is 8.63. The summed E-state index contributed by atoms with van der Waals surface area (Å²) >= 11 is 1.92. The average molecular weight is 220 g/mol. The van der Waals surface area contributed by atoms with E-state index >= 15 is 0 Å². The lowest BCUT2D eigenvalue weighted by molar-refractivity contribution is 0.814. The largest absolute Gasteiger partial charge is 0.330 e. The normalized spacial score (nSPS) is 9.87. The molecule has 15 heavy (non-hydrogen) atoms. The van der Waals surface area contributed by atoms with Crippen molar-refractivity contribution in [2.24, 2.45) is 5.73 Å². The van der Waals surface area contributed by atoms with Crippen LogP contribution in [0.1, 0.15) is 24.0 Å². The Bertz CT molecular complexity index is 313. The van der Waals surface area contributed by atoms with Crippen LogP contribution in [-0.4, -0.2) is 12.3 Å². The number of unbranched alkanes of at least 4 members (excludes halogenated alkanes) is 1. The van der Waals surface area contributed by atoms with Gasteiger partial charge in [0.05, 0.1) is 11.6 Å². The number of nitrogens with zero attached hydrogens (tertiary/aromatic N) is 1. The van der Waals surface area contributed by atoms with Crippen LogP contribution in [0.5, 0.6) is 0 Å². The van der Waals surface area contributed by atoms with E-state index in [4.69, 9.17) is 11.0 Å². The van der Waals surface area contributed by atoms with Crippen LogP contribution in [0.2, 0.25) is 0 Å². The maximum atomic E-state index is 8.63. The molecule has 1 aromatic carbocycles. The zero-order valence-corrected chi connectivity index (χ0v) is 9.59. The third kappa shape index (κ3) is 4.87. The smallest absolute Gasteiger partial charge is 0.0991 e. The van der Waals surface area contributed by atoms with Crippen LogP contribution in [0, 0.1) is 11.3 Å². The fourth-order valence-electron chi connectivity index (χ4n) is 1.21. The number of hydrogen-bond donors (Lipinski definition) is 1. The molecule has 0 aliphatic carbocycles. The lowest BCUT2D eigenvalue weighted by Gasteiger charge is -2.01. The van der Waals surface area contributed by atoms with Gasteiger partial charge in [-0.2, -0.15) is 17.0 Å². The highest BCUT2D eigenvalue weighted by Gasteiger charge is 1.94. The lowest BCUT2D eigenvalue weighted by atomic mass is 10.2. The summed E-state index contributed by atoms with van der Waals surface area (Å²) in [6.45, 7) is 0.789. The van der Waals surface area contributed by atoms with E-state index in [0.717, 1.165) is 30.0 Å². The minimum Gasteiger partial charge on any atom is -0.330 e. The monoisotopic (exact) mass is 220 g/mol. The average Bonchev–Trinajstić information content (AvgIpc) is 2.30. The highest BCUT2D eigenvalue weighted by atomic mass is 32.2. The molecule has 2 nitrogen and oxygen atoms in total. The van der Waals surface area contributed by atoms with Crippen LogP contribution in [0.3, 0.4) is 0 Å². The van der Waals surface area contributed by atoms with Crippen molar-refractivity contribution in [2.45, 2.75) is 18.6 Å². The molecule has 3 heteroatoms. The van der Waals surface area contributed by atoms with E-state index in [1.807, 2.05) is 36.0 Å². The van der Waals surface area contributed by atoms with Crippen molar-refractivity contribution >= 4 is 11.8 Å². The van der Waals surface area contributed by atoms with Crippen molar-refractivity contribution < 1.29 is 0 Å². The summed E-state index contributed by atoms with van der Waals surface area (Å²) in [5.41, 5.74) is 7.43. The maximum Gasteiger partial charge on any atom is 0.0991 e. The molecule has 0 fully saturated rings. The van der Waals surface area contributed by atoms with Crippen molar-refractivity contribution in [3.05, 3.63) is 35.4 Å². The molecule has 0 atom stereocenters. The molecule has 0 saturated heterocycles. The van der Waals surface area contributed by atoms with Gasteiger partial charge in [-0.15, -0.1) is 0 Å². The second kappa shape index (κ2) is 7.33. The van der Waals surface area contributed by atoms with Gasteiger partial charge in [-0.3, -0.25) is 0 Å². The quantitative estimate of drug-likeness (QED) is 0.749. The number of hydrogen-bond acceptors (Lipinski definition) is 3. The molecular weight excluding hydrogens is 204 g/mol. The minimum absolute atomic E-state index is 0.729. The molecule has 0 saturated carbocycles. The van der Waals surface area contributed by atoms with Crippen molar-refractivity contribution in [1.29, 1.82) is 5.26 Å². The lowest BCUT2D eigenvalue weighted by Crippen LogP contribution is -1.98. The first-order chi connectivity index (χ1) is 7.36. The van der Waals surface area contributed by atoms with Gasteiger partial charge in [0.15, 0.2) is 0 Å². The van der Waals surface area contributed by atoms with Gasteiger partial charge >= 0.3 is 0 Å². The first-order valence-corrected chi connectivity index (χ1v) is 6.29. The van der Waals surface area contributed by atoms with Gasteiger partial charge in [-0.25, -0.2) is 0 Å². The Morgan fingerprint density at radius 1 is 1.20 bits per heavy atom. The van der Waals surface area contributed by atoms with Crippen LogP contribution in [0.25, 0.3) is 0 Å². The van der Waals surface area contributed by atoms with Gasteiger partial charge in [0.2, 0.25) is 0 Å². The summed E-state index contributed by atoms with van der Waals surface area (Å²) < 4.78 is 0. The SMILES string of the molecule is N#Cc1ccc(CSCCCCN)cc1. The fraction of sp³-hybridized carbons (Fsp3) is 0.417. The number of nitrogens with two attached hydrogens (primary N) is 1. The van der Waals surface area contributed by atoms with Gasteiger partial charge in [-0.1, -0.05) is 12.1 Å². The predicted octanol–water partition coefficient (Wildman–Crippen LogP) is 2.53.